The fraction of sp³-hybridized carbons (Fsp3) is 0.333. The normalized spacial score (nSPS) is 12.7. The van der Waals surface area contributed by atoms with Crippen molar-refractivity contribution in [3.8, 4) is 0 Å². The molecular weight excluding hydrogens is 256 g/mol. The predicted octanol–water partition coefficient (Wildman–Crippen LogP) is 3.48. The second-order valence-electron chi connectivity index (χ2n) is 4.03. The molecule has 90 valence electrons. The molecule has 0 spiro atoms. The number of anilines is 1. The molecule has 5 heteroatoms. The number of nitrogens with one attached hydrogen (secondary N) is 1. The Morgan fingerprint density at radius 3 is 2.71 bits per heavy atom. The number of thiazole rings is 1. The average Bonchev–Trinajstić information content (AvgIpc) is 2.60. The number of hydrogen-bond acceptors (Lipinski definition) is 3. The van der Waals surface area contributed by atoms with Crippen LogP contribution >= 0.6 is 22.9 Å². The van der Waals surface area contributed by atoms with E-state index in [4.69, 9.17) is 11.6 Å². The zero-order chi connectivity index (χ0) is 12.6. The minimum atomic E-state index is -0.550. The van der Waals surface area contributed by atoms with Crippen molar-refractivity contribution < 1.29 is 4.79 Å². The van der Waals surface area contributed by atoms with Crippen LogP contribution in [0.4, 0.5) is 5.13 Å². The van der Waals surface area contributed by atoms with E-state index in [0.717, 1.165) is 10.2 Å². The van der Waals surface area contributed by atoms with Gasteiger partial charge in [-0.05, 0) is 44.0 Å². The number of aromatic nitrogens is 1. The minimum absolute atomic E-state index is 0.223. The number of benzene rings is 1. The van der Waals surface area contributed by atoms with Crippen LogP contribution in [0.15, 0.2) is 12.1 Å². The third-order valence-corrected chi connectivity index (χ3v) is 3.73. The standard InChI is InChI=1S/C12H13ClN2OS/c1-6-4-9-10(5-7(6)2)17-12(14-9)15-11(16)8(3)13/h4-5,8H,1-3H3,(H,14,15,16)/t8-/m1/s1. The van der Waals surface area contributed by atoms with Crippen molar-refractivity contribution in [1.82, 2.24) is 4.98 Å². The molecule has 0 saturated carbocycles. The Morgan fingerprint density at radius 1 is 1.41 bits per heavy atom. The van der Waals surface area contributed by atoms with E-state index in [-0.39, 0.29) is 5.91 Å². The van der Waals surface area contributed by atoms with E-state index < -0.39 is 5.38 Å². The summed E-state index contributed by atoms with van der Waals surface area (Å²) in [5, 5.41) is 2.76. The third kappa shape index (κ3) is 2.58. The molecule has 0 aliphatic heterocycles. The number of hydrogen-bond donors (Lipinski definition) is 1. The summed E-state index contributed by atoms with van der Waals surface area (Å²) in [5.74, 6) is -0.223. The molecule has 2 rings (SSSR count). The second kappa shape index (κ2) is 4.63. The summed E-state index contributed by atoms with van der Waals surface area (Å²) in [6.07, 6.45) is 0. The van der Waals surface area contributed by atoms with Crippen molar-refractivity contribution in [2.24, 2.45) is 0 Å². The molecule has 0 saturated heterocycles. The van der Waals surface area contributed by atoms with E-state index in [1.807, 2.05) is 13.0 Å². The second-order valence-corrected chi connectivity index (χ2v) is 5.71. The highest BCUT2D eigenvalue weighted by molar-refractivity contribution is 7.22. The number of amides is 1. The number of carbonyl (C=O) groups excluding carboxylic acids is 1. The molecule has 0 aliphatic rings. The summed E-state index contributed by atoms with van der Waals surface area (Å²) in [6, 6.07) is 4.11. The van der Waals surface area contributed by atoms with E-state index in [1.54, 1.807) is 6.92 Å². The number of alkyl halides is 1. The summed E-state index contributed by atoms with van der Waals surface area (Å²) >= 11 is 7.16. The molecule has 1 amide bonds. The molecule has 0 fully saturated rings. The first kappa shape index (κ1) is 12.3. The van der Waals surface area contributed by atoms with Crippen LogP contribution in [-0.4, -0.2) is 16.3 Å². The van der Waals surface area contributed by atoms with Gasteiger partial charge in [-0.1, -0.05) is 11.3 Å². The van der Waals surface area contributed by atoms with Crippen LogP contribution in [0.3, 0.4) is 0 Å². The van der Waals surface area contributed by atoms with Gasteiger partial charge in [0.2, 0.25) is 5.91 Å². The van der Waals surface area contributed by atoms with Gasteiger partial charge >= 0.3 is 0 Å². The Kier molecular flexibility index (Phi) is 3.35. The number of fused-ring (bicyclic) bond motifs is 1. The van der Waals surface area contributed by atoms with Crippen LogP contribution in [-0.2, 0) is 4.79 Å². The van der Waals surface area contributed by atoms with Crippen LogP contribution < -0.4 is 5.32 Å². The summed E-state index contributed by atoms with van der Waals surface area (Å²) in [6.45, 7) is 5.75. The van der Waals surface area contributed by atoms with Gasteiger partial charge in [-0.15, -0.1) is 11.6 Å². The lowest BCUT2D eigenvalue weighted by Crippen LogP contribution is -2.19. The first-order valence-corrected chi connectivity index (χ1v) is 6.55. The van der Waals surface area contributed by atoms with Gasteiger partial charge in [-0.2, -0.15) is 0 Å². The van der Waals surface area contributed by atoms with Crippen molar-refractivity contribution in [3.63, 3.8) is 0 Å². The first-order chi connectivity index (χ1) is 7.97. The van der Waals surface area contributed by atoms with Crippen molar-refractivity contribution in [1.29, 1.82) is 0 Å². The smallest absolute Gasteiger partial charge is 0.243 e. The van der Waals surface area contributed by atoms with E-state index in [0.29, 0.717) is 5.13 Å². The van der Waals surface area contributed by atoms with Crippen LogP contribution in [0, 0.1) is 13.8 Å². The molecule has 0 radical (unpaired) electrons. The number of halogens is 1. The van der Waals surface area contributed by atoms with Crippen LogP contribution in [0.1, 0.15) is 18.1 Å². The zero-order valence-corrected chi connectivity index (χ0v) is 11.4. The van der Waals surface area contributed by atoms with Crippen molar-refractivity contribution in [2.75, 3.05) is 5.32 Å². The maximum atomic E-state index is 11.4. The molecule has 1 N–H and O–H groups in total. The summed E-state index contributed by atoms with van der Waals surface area (Å²) < 4.78 is 1.07. The van der Waals surface area contributed by atoms with Gasteiger partial charge in [0.05, 0.1) is 10.2 Å². The van der Waals surface area contributed by atoms with Crippen molar-refractivity contribution in [2.45, 2.75) is 26.1 Å². The predicted molar refractivity (Wildman–Crippen MR) is 73.0 cm³/mol. The molecule has 1 aromatic heterocycles. The molecule has 1 heterocycles. The number of carbonyl (C=O) groups is 1. The molecule has 3 nitrogen and oxygen atoms in total. The van der Waals surface area contributed by atoms with Gasteiger partial charge in [0.1, 0.15) is 5.38 Å². The van der Waals surface area contributed by atoms with E-state index >= 15 is 0 Å². The van der Waals surface area contributed by atoms with Gasteiger partial charge in [0, 0.05) is 0 Å². The average molecular weight is 269 g/mol. The lowest BCUT2D eigenvalue weighted by molar-refractivity contribution is -0.115. The lowest BCUT2D eigenvalue weighted by Gasteiger charge is -2.01. The number of rotatable bonds is 2. The highest BCUT2D eigenvalue weighted by Gasteiger charge is 2.12. The minimum Gasteiger partial charge on any atom is -0.301 e. The van der Waals surface area contributed by atoms with E-state index in [1.165, 1.54) is 22.5 Å². The third-order valence-electron chi connectivity index (χ3n) is 2.60. The van der Waals surface area contributed by atoms with E-state index in [2.05, 4.69) is 23.3 Å². The number of nitrogens with zero attached hydrogens (tertiary/aromatic N) is 1. The maximum Gasteiger partial charge on any atom is 0.243 e. The van der Waals surface area contributed by atoms with Crippen molar-refractivity contribution >= 4 is 44.2 Å². The van der Waals surface area contributed by atoms with Gasteiger partial charge < -0.3 is 5.32 Å². The quantitative estimate of drug-likeness (QED) is 0.848. The molecule has 0 unspecified atom stereocenters. The maximum absolute atomic E-state index is 11.4. The molecular formula is C12H13ClN2OS. The molecule has 1 aromatic carbocycles. The molecule has 1 atom stereocenters. The Labute approximate surface area is 109 Å². The fourth-order valence-corrected chi connectivity index (χ4v) is 2.44. The van der Waals surface area contributed by atoms with Gasteiger partial charge in [0.25, 0.3) is 0 Å². The lowest BCUT2D eigenvalue weighted by atomic mass is 10.1. The Hall–Kier alpha value is -1.13. The highest BCUT2D eigenvalue weighted by Crippen LogP contribution is 2.28. The number of aryl methyl sites for hydroxylation is 2. The zero-order valence-electron chi connectivity index (χ0n) is 9.87. The largest absolute Gasteiger partial charge is 0.301 e. The molecule has 17 heavy (non-hydrogen) atoms. The monoisotopic (exact) mass is 268 g/mol. The summed E-state index contributed by atoms with van der Waals surface area (Å²) in [7, 11) is 0. The Morgan fingerprint density at radius 2 is 2.06 bits per heavy atom. The van der Waals surface area contributed by atoms with Crippen LogP contribution in [0.25, 0.3) is 10.2 Å². The molecule has 2 aromatic rings. The Bertz CT molecular complexity index is 538. The summed E-state index contributed by atoms with van der Waals surface area (Å²) in [4.78, 5) is 15.8. The van der Waals surface area contributed by atoms with Crippen LogP contribution in [0.2, 0.25) is 0 Å². The highest BCUT2D eigenvalue weighted by atomic mass is 35.5. The van der Waals surface area contributed by atoms with Crippen LogP contribution in [0.5, 0.6) is 0 Å². The summed E-state index contributed by atoms with van der Waals surface area (Å²) in [5.41, 5.74) is 3.34. The van der Waals surface area contributed by atoms with Gasteiger partial charge in [0.15, 0.2) is 5.13 Å². The molecule has 0 aliphatic carbocycles. The Balaban J connectivity index is 2.35. The first-order valence-electron chi connectivity index (χ1n) is 5.30. The topological polar surface area (TPSA) is 42.0 Å². The van der Waals surface area contributed by atoms with E-state index in [9.17, 15) is 4.79 Å². The van der Waals surface area contributed by atoms with Crippen molar-refractivity contribution in [3.05, 3.63) is 23.3 Å². The SMILES string of the molecule is Cc1cc2nc(NC(=O)[C@@H](C)Cl)sc2cc1C. The fourth-order valence-electron chi connectivity index (χ4n) is 1.44. The molecule has 0 bridgehead atoms. The van der Waals surface area contributed by atoms with Gasteiger partial charge in [-0.3, -0.25) is 4.79 Å². The van der Waals surface area contributed by atoms with Gasteiger partial charge in [-0.25, -0.2) is 4.98 Å².